The maximum atomic E-state index is 13.5. The Labute approximate surface area is 96.1 Å². The molecule has 2 N–H and O–H groups in total. The van der Waals surface area contributed by atoms with Crippen LogP contribution in [0.5, 0.6) is 0 Å². The van der Waals surface area contributed by atoms with Crippen LogP contribution in [0.1, 0.15) is 5.56 Å². The van der Waals surface area contributed by atoms with Gasteiger partial charge in [0.15, 0.2) is 11.6 Å². The molecule has 0 atom stereocenters. The van der Waals surface area contributed by atoms with E-state index >= 15 is 0 Å². The molecule has 0 radical (unpaired) electrons. The summed E-state index contributed by atoms with van der Waals surface area (Å²) < 4.78 is 26.6. The molecular weight excluding hydrogens is 224 g/mol. The summed E-state index contributed by atoms with van der Waals surface area (Å²) in [5, 5.41) is 8.79. The first-order chi connectivity index (χ1) is 8.15. The minimum atomic E-state index is -1.03. The molecule has 0 spiro atoms. The van der Waals surface area contributed by atoms with Crippen molar-refractivity contribution in [3.63, 3.8) is 0 Å². The molecule has 3 nitrogen and oxygen atoms in total. The summed E-state index contributed by atoms with van der Waals surface area (Å²) in [5.41, 5.74) is 5.91. The third-order valence-electron chi connectivity index (χ3n) is 2.32. The van der Waals surface area contributed by atoms with Crippen molar-refractivity contribution in [3.8, 4) is 17.3 Å². The lowest BCUT2D eigenvalue weighted by Gasteiger charge is -2.07. The largest absolute Gasteiger partial charge is 0.396 e. The second-order valence-corrected chi connectivity index (χ2v) is 3.33. The van der Waals surface area contributed by atoms with E-state index in [1.54, 1.807) is 0 Å². The van der Waals surface area contributed by atoms with Gasteiger partial charge in [-0.1, -0.05) is 6.07 Å². The van der Waals surface area contributed by atoms with E-state index in [2.05, 4.69) is 4.98 Å². The average molecular weight is 231 g/mol. The van der Waals surface area contributed by atoms with Crippen molar-refractivity contribution >= 4 is 5.69 Å². The van der Waals surface area contributed by atoms with E-state index in [9.17, 15) is 8.78 Å². The molecule has 1 aromatic heterocycles. The molecule has 0 aliphatic rings. The minimum Gasteiger partial charge on any atom is -0.396 e. The first-order valence-electron chi connectivity index (χ1n) is 4.74. The number of nitrogens with zero attached hydrogens (tertiary/aromatic N) is 2. The number of halogens is 2. The smallest absolute Gasteiger partial charge is 0.168 e. The van der Waals surface area contributed by atoms with Gasteiger partial charge in [-0.15, -0.1) is 0 Å². The first kappa shape index (κ1) is 11.0. The second-order valence-electron chi connectivity index (χ2n) is 3.33. The minimum absolute atomic E-state index is 0.0412. The molecule has 5 heteroatoms. The van der Waals surface area contributed by atoms with Gasteiger partial charge in [-0.2, -0.15) is 5.26 Å². The van der Waals surface area contributed by atoms with Crippen LogP contribution in [-0.4, -0.2) is 4.98 Å². The van der Waals surface area contributed by atoms with Gasteiger partial charge in [0, 0.05) is 11.8 Å². The number of nitriles is 1. The van der Waals surface area contributed by atoms with Gasteiger partial charge in [0.05, 0.1) is 16.9 Å². The van der Waals surface area contributed by atoms with Crippen molar-refractivity contribution in [3.05, 3.63) is 47.7 Å². The fourth-order valence-electron chi connectivity index (χ4n) is 1.47. The van der Waals surface area contributed by atoms with Crippen molar-refractivity contribution in [1.82, 2.24) is 4.98 Å². The molecule has 17 heavy (non-hydrogen) atoms. The molecule has 0 amide bonds. The van der Waals surface area contributed by atoms with Crippen LogP contribution in [0.25, 0.3) is 11.3 Å². The molecular formula is C12H7F2N3. The number of aromatic nitrogens is 1. The predicted octanol–water partition coefficient (Wildman–Crippen LogP) is 2.48. The normalized spacial score (nSPS) is 9.94. The van der Waals surface area contributed by atoms with Gasteiger partial charge >= 0.3 is 0 Å². The summed E-state index contributed by atoms with van der Waals surface area (Å²) in [6.07, 6.45) is 1.33. The van der Waals surface area contributed by atoms with E-state index in [-0.39, 0.29) is 22.5 Å². The van der Waals surface area contributed by atoms with E-state index in [1.165, 1.54) is 24.4 Å². The Morgan fingerprint density at radius 2 is 2.00 bits per heavy atom. The van der Waals surface area contributed by atoms with Crippen molar-refractivity contribution in [1.29, 1.82) is 5.26 Å². The number of hydrogen-bond acceptors (Lipinski definition) is 3. The Hall–Kier alpha value is -2.48. The fraction of sp³-hybridized carbons (Fsp3) is 0. The van der Waals surface area contributed by atoms with Gasteiger partial charge in [0.1, 0.15) is 6.07 Å². The predicted molar refractivity (Wildman–Crippen MR) is 58.7 cm³/mol. The van der Waals surface area contributed by atoms with Crippen LogP contribution in [0.3, 0.4) is 0 Å². The van der Waals surface area contributed by atoms with Crippen molar-refractivity contribution < 1.29 is 8.78 Å². The molecule has 0 fully saturated rings. The summed E-state index contributed by atoms with van der Waals surface area (Å²) in [7, 11) is 0. The van der Waals surface area contributed by atoms with E-state index < -0.39 is 11.6 Å². The quantitative estimate of drug-likeness (QED) is 0.820. The lowest BCUT2D eigenvalue weighted by Crippen LogP contribution is -1.99. The molecule has 0 bridgehead atoms. The van der Waals surface area contributed by atoms with Crippen LogP contribution >= 0.6 is 0 Å². The number of pyridine rings is 1. The van der Waals surface area contributed by atoms with E-state index in [0.29, 0.717) is 0 Å². The molecule has 0 saturated heterocycles. The van der Waals surface area contributed by atoms with Gasteiger partial charge in [-0.25, -0.2) is 8.78 Å². The molecule has 0 unspecified atom stereocenters. The van der Waals surface area contributed by atoms with Crippen LogP contribution in [0, 0.1) is 23.0 Å². The summed E-state index contributed by atoms with van der Waals surface area (Å²) in [4.78, 5) is 3.88. The number of hydrogen-bond donors (Lipinski definition) is 1. The number of benzene rings is 1. The number of nitrogen functional groups attached to an aromatic ring is 1. The Morgan fingerprint density at radius 3 is 2.71 bits per heavy atom. The molecule has 2 rings (SSSR count). The zero-order valence-electron chi connectivity index (χ0n) is 8.61. The number of anilines is 1. The lowest BCUT2D eigenvalue weighted by molar-refractivity contribution is 0.511. The zero-order valence-corrected chi connectivity index (χ0v) is 8.61. The van der Waals surface area contributed by atoms with Gasteiger partial charge in [-0.05, 0) is 18.2 Å². The van der Waals surface area contributed by atoms with Gasteiger partial charge in [-0.3, -0.25) is 4.98 Å². The highest BCUT2D eigenvalue weighted by Crippen LogP contribution is 2.28. The van der Waals surface area contributed by atoms with Crippen LogP contribution in [-0.2, 0) is 0 Å². The van der Waals surface area contributed by atoms with E-state index in [4.69, 9.17) is 11.0 Å². The lowest BCUT2D eigenvalue weighted by atomic mass is 10.1. The summed E-state index contributed by atoms with van der Waals surface area (Å²) >= 11 is 0. The Kier molecular flexibility index (Phi) is 2.71. The Morgan fingerprint density at radius 1 is 1.24 bits per heavy atom. The van der Waals surface area contributed by atoms with Crippen molar-refractivity contribution in [2.75, 3.05) is 5.73 Å². The monoisotopic (exact) mass is 231 g/mol. The van der Waals surface area contributed by atoms with Crippen LogP contribution in [0.4, 0.5) is 14.5 Å². The van der Waals surface area contributed by atoms with Crippen molar-refractivity contribution in [2.24, 2.45) is 0 Å². The Bertz CT molecular complexity index is 618. The molecule has 84 valence electrons. The molecule has 1 aromatic carbocycles. The summed E-state index contributed by atoms with van der Waals surface area (Å²) in [6, 6.07) is 6.99. The van der Waals surface area contributed by atoms with E-state index in [0.717, 1.165) is 6.07 Å². The van der Waals surface area contributed by atoms with Crippen LogP contribution in [0.2, 0.25) is 0 Å². The number of rotatable bonds is 1. The molecule has 2 aromatic rings. The fourth-order valence-corrected chi connectivity index (χ4v) is 1.47. The summed E-state index contributed by atoms with van der Waals surface area (Å²) in [6.45, 7) is 0. The van der Waals surface area contributed by atoms with Gasteiger partial charge in [0.2, 0.25) is 0 Å². The molecule has 1 heterocycles. The summed E-state index contributed by atoms with van der Waals surface area (Å²) in [5.74, 6) is -2.01. The average Bonchev–Trinajstić information content (AvgIpc) is 2.33. The third kappa shape index (κ3) is 1.81. The highest BCUT2D eigenvalue weighted by atomic mass is 19.2. The molecule has 0 saturated carbocycles. The maximum absolute atomic E-state index is 13.5. The van der Waals surface area contributed by atoms with E-state index in [1.807, 2.05) is 6.07 Å². The SMILES string of the molecule is N#Cc1ccnc(-c2cccc(F)c2F)c1N. The Balaban J connectivity index is 2.70. The highest BCUT2D eigenvalue weighted by molar-refractivity contribution is 5.77. The van der Waals surface area contributed by atoms with Crippen LogP contribution < -0.4 is 5.73 Å². The molecule has 0 aliphatic carbocycles. The third-order valence-corrected chi connectivity index (χ3v) is 2.32. The number of nitrogens with two attached hydrogens (primary N) is 1. The highest BCUT2D eigenvalue weighted by Gasteiger charge is 2.15. The van der Waals surface area contributed by atoms with Gasteiger partial charge < -0.3 is 5.73 Å². The van der Waals surface area contributed by atoms with Crippen molar-refractivity contribution in [2.45, 2.75) is 0 Å². The standard InChI is InChI=1S/C12H7F2N3/c13-9-3-1-2-8(10(9)14)12-11(16)7(6-15)4-5-17-12/h1-5H,16H2. The topological polar surface area (TPSA) is 62.7 Å². The van der Waals surface area contributed by atoms with Crippen LogP contribution in [0.15, 0.2) is 30.5 Å². The molecule has 0 aliphatic heterocycles. The van der Waals surface area contributed by atoms with Gasteiger partial charge in [0.25, 0.3) is 0 Å². The second kappa shape index (κ2) is 4.18. The first-order valence-corrected chi connectivity index (χ1v) is 4.74. The maximum Gasteiger partial charge on any atom is 0.168 e. The zero-order chi connectivity index (χ0) is 12.4.